The largest absolute Gasteiger partial charge is 0.394 e. The van der Waals surface area contributed by atoms with Gasteiger partial charge in [-0.1, -0.05) is 6.08 Å². The standard InChI is InChI=1S/C12H17NO7/c13-5-12(2-1-6(15)3-12)20-11-10(18)9(17)8(16)7(4-14)19-11/h1-2,6-11,14-18H,3-4H2/t6-,7+,8+,9-,10+,11+,12+/m0/s1. The van der Waals surface area contributed by atoms with Gasteiger partial charge in [-0.05, 0) is 6.08 Å². The highest BCUT2D eigenvalue weighted by Crippen LogP contribution is 2.32. The maximum atomic E-state index is 9.82. The van der Waals surface area contributed by atoms with Crippen molar-refractivity contribution in [3.8, 4) is 6.07 Å². The Bertz CT molecular complexity index is 421. The fourth-order valence-electron chi connectivity index (χ4n) is 2.28. The van der Waals surface area contributed by atoms with Crippen molar-refractivity contribution >= 4 is 0 Å². The highest BCUT2D eigenvalue weighted by Gasteiger charge is 2.48. The van der Waals surface area contributed by atoms with E-state index in [1.54, 1.807) is 0 Å². The first-order chi connectivity index (χ1) is 9.42. The highest BCUT2D eigenvalue weighted by molar-refractivity contribution is 5.24. The second-order valence-electron chi connectivity index (χ2n) is 4.95. The Kier molecular flexibility index (Phi) is 4.41. The maximum absolute atomic E-state index is 9.82. The third-order valence-electron chi connectivity index (χ3n) is 3.46. The molecule has 2 aliphatic rings. The summed E-state index contributed by atoms with van der Waals surface area (Å²) in [6.45, 7) is -0.581. The number of aliphatic hydroxyl groups excluding tert-OH is 5. The average molecular weight is 287 g/mol. The van der Waals surface area contributed by atoms with Crippen LogP contribution in [0.25, 0.3) is 0 Å². The zero-order valence-electron chi connectivity index (χ0n) is 10.5. The Balaban J connectivity index is 2.12. The van der Waals surface area contributed by atoms with Gasteiger partial charge >= 0.3 is 0 Å². The van der Waals surface area contributed by atoms with Crippen LogP contribution in [0.15, 0.2) is 12.2 Å². The molecule has 0 unspecified atom stereocenters. The van der Waals surface area contributed by atoms with E-state index in [1.807, 2.05) is 6.07 Å². The number of nitriles is 1. The number of hydrogen-bond acceptors (Lipinski definition) is 8. The fraction of sp³-hybridized carbons (Fsp3) is 0.750. The van der Waals surface area contributed by atoms with Gasteiger partial charge in [-0.2, -0.15) is 5.26 Å². The van der Waals surface area contributed by atoms with E-state index in [1.165, 1.54) is 12.2 Å². The molecule has 8 nitrogen and oxygen atoms in total. The maximum Gasteiger partial charge on any atom is 0.189 e. The SMILES string of the molecule is N#C[C@@]1(O[C@H]2O[C@H](CO)[C@@H](O)[C@H](O)[C@H]2O)C=C[C@H](O)C1. The highest BCUT2D eigenvalue weighted by atomic mass is 16.7. The first kappa shape index (κ1) is 15.3. The van der Waals surface area contributed by atoms with Crippen molar-refractivity contribution in [2.24, 2.45) is 0 Å². The molecule has 5 N–H and O–H groups in total. The van der Waals surface area contributed by atoms with Crippen LogP contribution in [-0.2, 0) is 9.47 Å². The summed E-state index contributed by atoms with van der Waals surface area (Å²) in [7, 11) is 0. The average Bonchev–Trinajstić information content (AvgIpc) is 2.81. The van der Waals surface area contributed by atoms with Crippen LogP contribution in [0.3, 0.4) is 0 Å². The third-order valence-corrected chi connectivity index (χ3v) is 3.46. The first-order valence-corrected chi connectivity index (χ1v) is 6.19. The summed E-state index contributed by atoms with van der Waals surface area (Å²) in [5.74, 6) is 0. The van der Waals surface area contributed by atoms with Crippen LogP contribution >= 0.6 is 0 Å². The lowest BCUT2D eigenvalue weighted by Gasteiger charge is -2.41. The smallest absolute Gasteiger partial charge is 0.189 e. The Hall–Kier alpha value is -1.05. The van der Waals surface area contributed by atoms with Crippen LogP contribution in [0.2, 0.25) is 0 Å². The van der Waals surface area contributed by atoms with Crippen LogP contribution < -0.4 is 0 Å². The molecule has 1 fully saturated rings. The molecule has 2 rings (SSSR count). The molecule has 0 bridgehead atoms. The minimum absolute atomic E-state index is 0.0292. The van der Waals surface area contributed by atoms with Crippen molar-refractivity contribution in [2.75, 3.05) is 6.61 Å². The van der Waals surface area contributed by atoms with Crippen molar-refractivity contribution in [1.29, 1.82) is 5.26 Å². The molecule has 0 aromatic rings. The molecule has 1 aliphatic heterocycles. The van der Waals surface area contributed by atoms with Crippen molar-refractivity contribution in [2.45, 2.75) is 48.8 Å². The zero-order chi connectivity index (χ0) is 14.9. The van der Waals surface area contributed by atoms with Crippen LogP contribution in [0.1, 0.15) is 6.42 Å². The quantitative estimate of drug-likeness (QED) is 0.355. The molecule has 112 valence electrons. The summed E-state index contributed by atoms with van der Waals surface area (Å²) >= 11 is 0. The molecule has 8 heteroatoms. The summed E-state index contributed by atoms with van der Waals surface area (Å²) in [6, 6.07) is 1.87. The molecule has 7 atom stereocenters. The van der Waals surface area contributed by atoms with E-state index < -0.39 is 49.0 Å². The van der Waals surface area contributed by atoms with E-state index >= 15 is 0 Å². The van der Waals surface area contributed by atoms with Crippen LogP contribution in [0.5, 0.6) is 0 Å². The number of rotatable bonds is 3. The van der Waals surface area contributed by atoms with Gasteiger partial charge in [0, 0.05) is 6.42 Å². The minimum Gasteiger partial charge on any atom is -0.394 e. The number of hydrogen-bond donors (Lipinski definition) is 5. The molecular weight excluding hydrogens is 270 g/mol. The summed E-state index contributed by atoms with van der Waals surface area (Å²) in [6.07, 6.45) is -5.30. The summed E-state index contributed by atoms with van der Waals surface area (Å²) in [4.78, 5) is 0. The predicted molar refractivity (Wildman–Crippen MR) is 63.0 cm³/mol. The topological polar surface area (TPSA) is 143 Å². The van der Waals surface area contributed by atoms with E-state index in [0.29, 0.717) is 0 Å². The van der Waals surface area contributed by atoms with Gasteiger partial charge in [-0.15, -0.1) is 0 Å². The van der Waals surface area contributed by atoms with Crippen molar-refractivity contribution in [3.05, 3.63) is 12.2 Å². The fourth-order valence-corrected chi connectivity index (χ4v) is 2.28. The molecular formula is C12H17NO7. The van der Waals surface area contributed by atoms with Gasteiger partial charge in [0.05, 0.1) is 12.7 Å². The number of nitrogens with zero attached hydrogens (tertiary/aromatic N) is 1. The molecule has 1 saturated heterocycles. The lowest BCUT2D eigenvalue weighted by molar-refractivity contribution is -0.315. The molecule has 0 radical (unpaired) electrons. The second kappa shape index (κ2) is 5.75. The van der Waals surface area contributed by atoms with E-state index in [-0.39, 0.29) is 6.42 Å². The number of ether oxygens (including phenoxy) is 2. The summed E-state index contributed by atoms with van der Waals surface area (Å²) in [5.41, 5.74) is -1.48. The van der Waals surface area contributed by atoms with Crippen LogP contribution in [-0.4, -0.2) is 74.6 Å². The van der Waals surface area contributed by atoms with Gasteiger partial charge in [0.25, 0.3) is 0 Å². The Morgan fingerprint density at radius 1 is 1.25 bits per heavy atom. The summed E-state index contributed by atoms with van der Waals surface area (Å²) in [5, 5.41) is 56.7. The van der Waals surface area contributed by atoms with Gasteiger partial charge in [-0.25, -0.2) is 0 Å². The molecule has 20 heavy (non-hydrogen) atoms. The molecule has 1 aliphatic carbocycles. The van der Waals surface area contributed by atoms with Gasteiger partial charge in [0.1, 0.15) is 30.5 Å². The second-order valence-corrected chi connectivity index (χ2v) is 4.95. The lowest BCUT2D eigenvalue weighted by atomic mass is 9.98. The van der Waals surface area contributed by atoms with Gasteiger partial charge in [0.2, 0.25) is 0 Å². The monoisotopic (exact) mass is 287 g/mol. The van der Waals surface area contributed by atoms with Crippen molar-refractivity contribution in [3.63, 3.8) is 0 Å². The zero-order valence-corrected chi connectivity index (χ0v) is 10.5. The predicted octanol–water partition coefficient (Wildman–Crippen LogP) is -2.61. The first-order valence-electron chi connectivity index (χ1n) is 6.19. The molecule has 0 aromatic heterocycles. The Morgan fingerprint density at radius 2 is 1.95 bits per heavy atom. The van der Waals surface area contributed by atoms with E-state index in [2.05, 4.69) is 0 Å². The third kappa shape index (κ3) is 2.70. The normalized spacial score (nSPS) is 48.2. The Morgan fingerprint density at radius 3 is 2.45 bits per heavy atom. The van der Waals surface area contributed by atoms with Gasteiger partial charge in [0.15, 0.2) is 11.9 Å². The lowest BCUT2D eigenvalue weighted by Crippen LogP contribution is -2.60. The number of aliphatic hydroxyl groups is 5. The van der Waals surface area contributed by atoms with Crippen LogP contribution in [0.4, 0.5) is 0 Å². The molecule has 0 amide bonds. The molecule has 0 saturated carbocycles. The van der Waals surface area contributed by atoms with Crippen molar-refractivity contribution < 1.29 is 35.0 Å². The molecule has 1 heterocycles. The summed E-state index contributed by atoms with van der Waals surface area (Å²) < 4.78 is 10.5. The van der Waals surface area contributed by atoms with Gasteiger partial charge < -0.3 is 35.0 Å². The Labute approximate surface area is 115 Å². The van der Waals surface area contributed by atoms with Crippen molar-refractivity contribution in [1.82, 2.24) is 0 Å². The van der Waals surface area contributed by atoms with E-state index in [9.17, 15) is 20.4 Å². The van der Waals surface area contributed by atoms with E-state index in [4.69, 9.17) is 19.8 Å². The van der Waals surface area contributed by atoms with Crippen LogP contribution in [0, 0.1) is 11.3 Å². The minimum atomic E-state index is -1.58. The van der Waals surface area contributed by atoms with Gasteiger partial charge in [-0.3, -0.25) is 0 Å². The van der Waals surface area contributed by atoms with E-state index in [0.717, 1.165) is 0 Å². The molecule has 0 spiro atoms. The molecule has 0 aromatic carbocycles.